The van der Waals surface area contributed by atoms with Crippen molar-refractivity contribution in [1.82, 2.24) is 0 Å². The van der Waals surface area contributed by atoms with Crippen LogP contribution in [0, 0.1) is 0 Å². The Labute approximate surface area is 124 Å². The summed E-state index contributed by atoms with van der Waals surface area (Å²) in [4.78, 5) is 10.2. The molecule has 0 rings (SSSR count). The Balaban J connectivity index is -0.000000845. The van der Waals surface area contributed by atoms with Crippen LogP contribution in [0.25, 0.3) is 0 Å². The first-order chi connectivity index (χ1) is 6.77. The molecule has 0 aromatic heterocycles. The van der Waals surface area contributed by atoms with E-state index in [0.717, 1.165) is 12.8 Å². The maximum atomic E-state index is 10.2. The van der Waals surface area contributed by atoms with Crippen LogP contribution in [0.2, 0.25) is 0 Å². The summed E-state index contributed by atoms with van der Waals surface area (Å²) in [6.07, 6.45) is 11.5. The molecule has 0 heterocycles. The first kappa shape index (κ1) is 21.9. The molecule has 99 valence electrons. The fourth-order valence-corrected chi connectivity index (χ4v) is 1.59. The molecule has 0 fully saturated rings. The molecule has 0 aliphatic rings. The van der Waals surface area contributed by atoms with Crippen molar-refractivity contribution in [2.75, 3.05) is 0 Å². The summed E-state index contributed by atoms with van der Waals surface area (Å²) < 4.78 is 0. The molecule has 16 heavy (non-hydrogen) atoms. The molecule has 0 saturated heterocycles. The molecule has 0 bridgehead atoms. The van der Waals surface area contributed by atoms with Crippen molar-refractivity contribution in [3.8, 4) is 0 Å². The topological polar surface area (TPSA) is 37.3 Å². The minimum absolute atomic E-state index is 0. The summed E-state index contributed by atoms with van der Waals surface area (Å²) in [6, 6.07) is 0. The molecule has 0 aliphatic heterocycles. The standard InChI is InChI=1S/C12H24O2.Co.Mo/c1-2-3-4-5-6-7-8-9-10-11-12(13)14;;/h2-11H2,1H3,(H,13,14);;. The van der Waals surface area contributed by atoms with Gasteiger partial charge in [0.25, 0.3) is 0 Å². The molecule has 0 aliphatic carbocycles. The Morgan fingerprint density at radius 1 is 0.875 bits per heavy atom. The molecule has 2 nitrogen and oxygen atoms in total. The first-order valence-corrected chi connectivity index (χ1v) is 5.99. The van der Waals surface area contributed by atoms with Gasteiger partial charge in [-0.3, -0.25) is 4.79 Å². The third-order valence-corrected chi connectivity index (χ3v) is 2.49. The summed E-state index contributed by atoms with van der Waals surface area (Å²) in [7, 11) is 0. The molecule has 1 radical (unpaired) electrons. The summed E-state index contributed by atoms with van der Waals surface area (Å²) in [5.41, 5.74) is 0. The van der Waals surface area contributed by atoms with Crippen LogP contribution >= 0.6 is 0 Å². The van der Waals surface area contributed by atoms with Crippen LogP contribution in [0.15, 0.2) is 0 Å². The minimum atomic E-state index is -0.659. The van der Waals surface area contributed by atoms with Crippen molar-refractivity contribution in [3.05, 3.63) is 0 Å². The van der Waals surface area contributed by atoms with Gasteiger partial charge >= 0.3 is 5.97 Å². The molecule has 0 atom stereocenters. The number of aliphatic carboxylic acids is 1. The van der Waals surface area contributed by atoms with Crippen LogP contribution in [0.5, 0.6) is 0 Å². The normalized spacial score (nSPS) is 9.06. The molecule has 0 unspecified atom stereocenters. The van der Waals surface area contributed by atoms with Gasteiger partial charge in [0.1, 0.15) is 0 Å². The van der Waals surface area contributed by atoms with Gasteiger partial charge in [-0.1, -0.05) is 58.3 Å². The summed E-state index contributed by atoms with van der Waals surface area (Å²) in [5, 5.41) is 8.41. The van der Waals surface area contributed by atoms with Gasteiger partial charge in [0, 0.05) is 44.3 Å². The van der Waals surface area contributed by atoms with Crippen LogP contribution in [-0.2, 0) is 42.6 Å². The Morgan fingerprint density at radius 2 is 1.25 bits per heavy atom. The smallest absolute Gasteiger partial charge is 0.303 e. The van der Waals surface area contributed by atoms with E-state index < -0.39 is 5.97 Å². The van der Waals surface area contributed by atoms with Crippen molar-refractivity contribution >= 4 is 5.97 Å². The second-order valence-electron chi connectivity index (χ2n) is 3.97. The van der Waals surface area contributed by atoms with E-state index in [1.807, 2.05) is 0 Å². The van der Waals surface area contributed by atoms with Crippen molar-refractivity contribution in [2.45, 2.75) is 71.1 Å². The Hall–Kier alpha value is 0.665. The van der Waals surface area contributed by atoms with E-state index in [1.54, 1.807) is 0 Å². The molecule has 0 aromatic carbocycles. The average Bonchev–Trinajstić information content (AvgIpc) is 2.15. The van der Waals surface area contributed by atoms with E-state index >= 15 is 0 Å². The Kier molecular flexibility index (Phi) is 24.7. The molecule has 0 amide bonds. The second-order valence-corrected chi connectivity index (χ2v) is 3.97. The van der Waals surface area contributed by atoms with Crippen LogP contribution in [0.4, 0.5) is 0 Å². The quantitative estimate of drug-likeness (QED) is 0.475. The van der Waals surface area contributed by atoms with Crippen LogP contribution < -0.4 is 0 Å². The molecule has 0 aromatic rings. The largest absolute Gasteiger partial charge is 0.481 e. The third-order valence-electron chi connectivity index (χ3n) is 2.49. The van der Waals surface area contributed by atoms with E-state index in [1.165, 1.54) is 44.9 Å². The van der Waals surface area contributed by atoms with Crippen molar-refractivity contribution < 1.29 is 47.7 Å². The number of hydrogen-bond donors (Lipinski definition) is 1. The molecule has 0 spiro atoms. The molecule has 1 N–H and O–H groups in total. The fraction of sp³-hybridized carbons (Fsp3) is 0.917. The van der Waals surface area contributed by atoms with Crippen molar-refractivity contribution in [1.29, 1.82) is 0 Å². The number of carboxylic acids is 1. The Bertz CT molecular complexity index is 143. The van der Waals surface area contributed by atoms with Gasteiger partial charge in [0.2, 0.25) is 0 Å². The van der Waals surface area contributed by atoms with Crippen molar-refractivity contribution in [2.24, 2.45) is 0 Å². The SMILES string of the molecule is CCCCCCCCCCCC(=O)O.[Co].[Mo]. The number of rotatable bonds is 10. The zero-order valence-electron chi connectivity index (χ0n) is 10.2. The molecular formula is C12H24CoMoO2. The van der Waals surface area contributed by atoms with Gasteiger partial charge in [-0.05, 0) is 6.42 Å². The van der Waals surface area contributed by atoms with Gasteiger partial charge in [0.05, 0.1) is 0 Å². The first-order valence-electron chi connectivity index (χ1n) is 5.99. The van der Waals surface area contributed by atoms with Gasteiger partial charge < -0.3 is 5.11 Å². The van der Waals surface area contributed by atoms with Gasteiger partial charge in [-0.15, -0.1) is 0 Å². The number of hydrogen-bond acceptors (Lipinski definition) is 1. The number of carbonyl (C=O) groups is 1. The minimum Gasteiger partial charge on any atom is -0.481 e. The zero-order chi connectivity index (χ0) is 10.6. The summed E-state index contributed by atoms with van der Waals surface area (Å²) >= 11 is 0. The van der Waals surface area contributed by atoms with Gasteiger partial charge in [-0.25, -0.2) is 0 Å². The predicted octanol–water partition coefficient (Wildman–Crippen LogP) is 3.99. The van der Waals surface area contributed by atoms with E-state index in [2.05, 4.69) is 6.92 Å². The average molecular weight is 355 g/mol. The zero-order valence-corrected chi connectivity index (χ0v) is 13.2. The Morgan fingerprint density at radius 3 is 1.62 bits per heavy atom. The number of unbranched alkanes of at least 4 members (excludes halogenated alkanes) is 8. The maximum absolute atomic E-state index is 10.2. The van der Waals surface area contributed by atoms with Crippen LogP contribution in [0.1, 0.15) is 71.1 Å². The van der Waals surface area contributed by atoms with E-state index in [4.69, 9.17) is 5.11 Å². The molecule has 0 saturated carbocycles. The van der Waals surface area contributed by atoms with Crippen LogP contribution in [-0.4, -0.2) is 11.1 Å². The fourth-order valence-electron chi connectivity index (χ4n) is 1.59. The number of carboxylic acid groups (broad SMARTS) is 1. The van der Waals surface area contributed by atoms with E-state index in [-0.39, 0.29) is 37.8 Å². The monoisotopic (exact) mass is 357 g/mol. The summed E-state index contributed by atoms with van der Waals surface area (Å²) in [6.45, 7) is 2.23. The van der Waals surface area contributed by atoms with Crippen molar-refractivity contribution in [3.63, 3.8) is 0 Å². The van der Waals surface area contributed by atoms with Gasteiger partial charge in [-0.2, -0.15) is 0 Å². The summed E-state index contributed by atoms with van der Waals surface area (Å²) in [5.74, 6) is -0.659. The second kappa shape index (κ2) is 18.0. The van der Waals surface area contributed by atoms with Crippen LogP contribution in [0.3, 0.4) is 0 Å². The molecule has 4 heteroatoms. The van der Waals surface area contributed by atoms with E-state index in [0.29, 0.717) is 6.42 Å². The third kappa shape index (κ3) is 20.1. The van der Waals surface area contributed by atoms with Gasteiger partial charge in [0.15, 0.2) is 0 Å². The van der Waals surface area contributed by atoms with E-state index in [9.17, 15) is 4.79 Å². The maximum Gasteiger partial charge on any atom is 0.303 e. The predicted molar refractivity (Wildman–Crippen MR) is 59.5 cm³/mol. The molecular weight excluding hydrogens is 331 g/mol.